The molecule has 0 heterocycles. The van der Waals surface area contributed by atoms with Crippen LogP contribution in [0.2, 0.25) is 0 Å². The highest BCUT2D eigenvalue weighted by Gasteiger charge is 2.52. The second kappa shape index (κ2) is 31.5. The van der Waals surface area contributed by atoms with E-state index in [4.69, 9.17) is 9.47 Å². The van der Waals surface area contributed by atoms with E-state index in [1.54, 1.807) is 0 Å². The number of nitrogens with zero attached hydrogens (tertiary/aromatic N) is 2. The van der Waals surface area contributed by atoms with Crippen LogP contribution in [0.25, 0.3) is 56.7 Å². The van der Waals surface area contributed by atoms with Crippen molar-refractivity contribution < 1.29 is 9.47 Å². The SMILES string of the molecule is C=Cc1ccc(OCCCCCCC2(c3ccccc3)c3ccccc3-c3ccc(N(c4ccc(-c5ccccc5)cc4)c4ccc(-c5ccc(N(c6ccc(-c7ccccc7)cc6)c6ccc7c(c6)C(CCCCCCOc6ccc(C=C)cc6)(c6ccccc6)C6C=CC=CC76)cc5)cc4)cc32)cc1. The molecule has 13 aromatic carbocycles. The topological polar surface area (TPSA) is 24.9 Å². The molecule has 4 heteroatoms. The number of hydrogen-bond donors (Lipinski definition) is 0. The molecule has 520 valence electrons. The van der Waals surface area contributed by atoms with E-state index in [0.29, 0.717) is 13.2 Å². The van der Waals surface area contributed by atoms with E-state index in [-0.39, 0.29) is 22.7 Å². The standard InChI is InChI=1S/C102H90N2O2/c1-3-75-41-63-91(64-42-75)105-71-27-7-5-25-69-101(83-33-17-11-18-34-83)97-39-23-21-37-93(97)95-67-61-89(73-99(95)101)103(85-53-45-79(46-54-85)77-29-13-9-14-30-77)87-57-49-81(50-58-87)82-51-59-88(60-52-82)104(86-55-47-80(48-56-86)78-31-15-10-16-32-78)90-62-68-96-94-38-22-24-40-98(94)102(100(96)74-90,84-35-19-12-20-36-84)70-26-6-8-28-72-106-92-65-43-76(4-2)44-66-92/h3-4,9-24,29-68,73-74,93,97H,1-2,5-8,25-28,69-72H2. The van der Waals surface area contributed by atoms with Gasteiger partial charge >= 0.3 is 0 Å². The van der Waals surface area contributed by atoms with E-state index in [9.17, 15) is 0 Å². The Morgan fingerprint density at radius 3 is 1.19 bits per heavy atom. The van der Waals surface area contributed by atoms with Crippen LogP contribution in [0, 0.1) is 5.92 Å². The zero-order valence-electron chi connectivity index (χ0n) is 60.4. The van der Waals surface area contributed by atoms with Crippen LogP contribution in [0.1, 0.15) is 115 Å². The highest BCUT2D eigenvalue weighted by molar-refractivity contribution is 5.89. The number of unbranched alkanes of at least 4 members (excludes halogenated alkanes) is 6. The molecule has 3 aliphatic carbocycles. The van der Waals surface area contributed by atoms with Gasteiger partial charge in [0, 0.05) is 56.8 Å². The van der Waals surface area contributed by atoms with Crippen LogP contribution in [-0.4, -0.2) is 13.2 Å². The van der Waals surface area contributed by atoms with E-state index in [1.807, 2.05) is 36.4 Å². The van der Waals surface area contributed by atoms with Crippen LogP contribution in [-0.2, 0) is 10.8 Å². The summed E-state index contributed by atoms with van der Waals surface area (Å²) in [6.45, 7) is 9.23. The molecule has 4 unspecified atom stereocenters. The minimum Gasteiger partial charge on any atom is -0.494 e. The Kier molecular flexibility index (Phi) is 20.4. The van der Waals surface area contributed by atoms with Crippen molar-refractivity contribution >= 4 is 46.3 Å². The monoisotopic (exact) mass is 1370 g/mol. The lowest BCUT2D eigenvalue weighted by Gasteiger charge is -2.39. The molecule has 4 nitrogen and oxygen atoms in total. The van der Waals surface area contributed by atoms with Gasteiger partial charge in [0.1, 0.15) is 11.5 Å². The Morgan fingerprint density at radius 1 is 0.311 bits per heavy atom. The van der Waals surface area contributed by atoms with Crippen molar-refractivity contribution in [3.05, 3.63) is 410 Å². The lowest BCUT2D eigenvalue weighted by molar-refractivity contribution is 0.300. The van der Waals surface area contributed by atoms with E-state index in [1.165, 1.54) is 66.8 Å². The maximum atomic E-state index is 6.21. The summed E-state index contributed by atoms with van der Waals surface area (Å²) >= 11 is 0. The fourth-order valence-electron chi connectivity index (χ4n) is 17.2. The van der Waals surface area contributed by atoms with Gasteiger partial charge in [0.15, 0.2) is 0 Å². The molecule has 16 rings (SSSR count). The fraction of sp³-hybridized carbons (Fsp3) is 0.157. The predicted molar refractivity (Wildman–Crippen MR) is 446 cm³/mol. The Balaban J connectivity index is 0.720. The first kappa shape index (κ1) is 68.4. The van der Waals surface area contributed by atoms with Crippen molar-refractivity contribution in [1.82, 2.24) is 0 Å². The van der Waals surface area contributed by atoms with Gasteiger partial charge in [-0.15, -0.1) is 0 Å². The van der Waals surface area contributed by atoms with E-state index in [0.717, 1.165) is 132 Å². The second-order valence-electron chi connectivity index (χ2n) is 28.6. The molecule has 0 bridgehead atoms. The third kappa shape index (κ3) is 13.9. The van der Waals surface area contributed by atoms with Crippen molar-refractivity contribution in [1.29, 1.82) is 0 Å². The van der Waals surface area contributed by atoms with Crippen molar-refractivity contribution in [2.75, 3.05) is 23.0 Å². The molecule has 0 spiro atoms. The van der Waals surface area contributed by atoms with Gasteiger partial charge in [0.25, 0.3) is 0 Å². The molecular formula is C102H90N2O2. The van der Waals surface area contributed by atoms with Crippen LogP contribution >= 0.6 is 0 Å². The van der Waals surface area contributed by atoms with E-state index >= 15 is 0 Å². The number of ether oxygens (including phenoxy) is 2. The van der Waals surface area contributed by atoms with Gasteiger partial charge in [-0.2, -0.15) is 0 Å². The van der Waals surface area contributed by atoms with Crippen LogP contribution in [0.5, 0.6) is 11.5 Å². The molecule has 0 saturated carbocycles. The minimum absolute atomic E-state index is 0.238. The summed E-state index contributed by atoms with van der Waals surface area (Å²) in [6, 6.07) is 121. The lowest BCUT2D eigenvalue weighted by atomic mass is 9.64. The minimum atomic E-state index is -0.356. The summed E-state index contributed by atoms with van der Waals surface area (Å²) in [5.41, 5.74) is 26.2. The number of rotatable bonds is 29. The third-order valence-corrected chi connectivity index (χ3v) is 22.5. The summed E-state index contributed by atoms with van der Waals surface area (Å²) in [4.78, 5) is 4.93. The lowest BCUT2D eigenvalue weighted by Crippen LogP contribution is -2.34. The van der Waals surface area contributed by atoms with E-state index < -0.39 is 0 Å². The first-order valence-electron chi connectivity index (χ1n) is 38.1. The van der Waals surface area contributed by atoms with Crippen molar-refractivity contribution in [2.45, 2.75) is 81.0 Å². The zero-order chi connectivity index (χ0) is 71.5. The van der Waals surface area contributed by atoms with Crippen molar-refractivity contribution in [2.24, 2.45) is 5.92 Å². The maximum Gasteiger partial charge on any atom is 0.119 e. The molecule has 0 aromatic heterocycles. The van der Waals surface area contributed by atoms with Gasteiger partial charge in [-0.05, 0) is 212 Å². The van der Waals surface area contributed by atoms with Gasteiger partial charge in [0.2, 0.25) is 0 Å². The van der Waals surface area contributed by atoms with Gasteiger partial charge in [-0.1, -0.05) is 319 Å². The quantitative estimate of drug-likeness (QED) is 0.0436. The first-order valence-corrected chi connectivity index (χ1v) is 38.1. The Morgan fingerprint density at radius 2 is 0.698 bits per heavy atom. The average Bonchev–Trinajstić information content (AvgIpc) is 1.56. The van der Waals surface area contributed by atoms with Crippen LogP contribution < -0.4 is 19.3 Å². The number of allylic oxidation sites excluding steroid dienone is 4. The Labute approximate surface area is 627 Å². The maximum absolute atomic E-state index is 6.21. The summed E-state index contributed by atoms with van der Waals surface area (Å²) in [5, 5.41) is 0. The molecular weight excluding hydrogens is 1290 g/mol. The Bertz CT molecular complexity index is 5190. The zero-order valence-corrected chi connectivity index (χ0v) is 60.4. The number of benzene rings is 13. The summed E-state index contributed by atoms with van der Waals surface area (Å²) < 4.78 is 12.4. The normalized spacial score (nSPS) is 16.5. The average molecular weight is 1380 g/mol. The number of hydrogen-bond acceptors (Lipinski definition) is 4. The van der Waals surface area contributed by atoms with Crippen LogP contribution in [0.15, 0.2) is 365 Å². The molecule has 106 heavy (non-hydrogen) atoms. The van der Waals surface area contributed by atoms with Crippen molar-refractivity contribution in [3.8, 4) is 56.0 Å². The predicted octanol–water partition coefficient (Wildman–Crippen LogP) is 27.4. The molecule has 0 radical (unpaired) electrons. The molecule has 0 amide bonds. The van der Waals surface area contributed by atoms with Gasteiger partial charge in [-0.25, -0.2) is 0 Å². The van der Waals surface area contributed by atoms with E-state index in [2.05, 4.69) is 351 Å². The molecule has 0 saturated heterocycles. The third-order valence-electron chi connectivity index (χ3n) is 22.5. The molecule has 4 atom stereocenters. The Hall–Kier alpha value is -12.0. The highest BCUT2D eigenvalue weighted by Crippen LogP contribution is 2.61. The summed E-state index contributed by atoms with van der Waals surface area (Å²) in [7, 11) is 0. The highest BCUT2D eigenvalue weighted by atomic mass is 16.5. The molecule has 0 fully saturated rings. The molecule has 0 N–H and O–H groups in total. The van der Waals surface area contributed by atoms with Crippen LogP contribution in [0.3, 0.4) is 0 Å². The summed E-state index contributed by atoms with van der Waals surface area (Å²) in [6.07, 6.45) is 23.9. The van der Waals surface area contributed by atoms with Gasteiger partial charge in [-0.3, -0.25) is 0 Å². The van der Waals surface area contributed by atoms with Crippen LogP contribution in [0.4, 0.5) is 34.1 Å². The molecule has 3 aliphatic rings. The van der Waals surface area contributed by atoms with Gasteiger partial charge < -0.3 is 19.3 Å². The second-order valence-corrected chi connectivity index (χ2v) is 28.6. The first-order chi connectivity index (χ1) is 52.4. The van der Waals surface area contributed by atoms with Gasteiger partial charge in [0.05, 0.1) is 13.2 Å². The largest absolute Gasteiger partial charge is 0.494 e. The smallest absolute Gasteiger partial charge is 0.119 e. The molecule has 13 aromatic rings. The number of anilines is 6. The molecule has 0 aliphatic heterocycles. The fourth-order valence-corrected chi connectivity index (χ4v) is 17.2. The van der Waals surface area contributed by atoms with Crippen molar-refractivity contribution in [3.63, 3.8) is 0 Å². The number of fused-ring (bicyclic) bond motifs is 6. The summed E-state index contributed by atoms with van der Waals surface area (Å²) in [5.74, 6) is 2.37.